The van der Waals surface area contributed by atoms with E-state index in [-0.39, 0.29) is 5.78 Å². The van der Waals surface area contributed by atoms with E-state index < -0.39 is 5.92 Å². The van der Waals surface area contributed by atoms with Gasteiger partial charge in [0.05, 0.1) is 11.6 Å². The molecule has 0 N–H and O–H groups in total. The number of hydrogen-bond donors (Lipinski definition) is 0. The lowest BCUT2D eigenvalue weighted by molar-refractivity contribution is 0.0900. The number of furan rings is 1. The molecule has 0 saturated carbocycles. The summed E-state index contributed by atoms with van der Waals surface area (Å²) in [6.45, 7) is 4.20. The number of aryl methyl sites for hydroxylation is 2. The lowest BCUT2D eigenvalue weighted by atomic mass is 9.98. The normalized spacial score (nSPS) is 12.9. The summed E-state index contributed by atoms with van der Waals surface area (Å²) in [5.74, 6) is 1.17. The van der Waals surface area contributed by atoms with Gasteiger partial charge in [0.2, 0.25) is 5.78 Å². The maximum absolute atomic E-state index is 12.5. The number of rotatable bonds is 5. The summed E-state index contributed by atoms with van der Waals surface area (Å²) >= 11 is 0. The third kappa shape index (κ3) is 3.12. The number of carbonyl (C=O) groups is 1. The molecule has 0 bridgehead atoms. The first-order chi connectivity index (χ1) is 8.97. The molecule has 102 valence electrons. The SMILES string of the molecule is Cc1cc(C(CN(C)C)C(=O)c2ccc(C)o2)on1. The van der Waals surface area contributed by atoms with Gasteiger partial charge < -0.3 is 13.8 Å². The third-order valence-electron chi connectivity index (χ3n) is 2.84. The number of likely N-dealkylation sites (N-methyl/N-ethyl adjacent to an activating group) is 1. The van der Waals surface area contributed by atoms with Crippen LogP contribution in [0.5, 0.6) is 0 Å². The molecule has 0 aromatic carbocycles. The van der Waals surface area contributed by atoms with Crippen molar-refractivity contribution < 1.29 is 13.7 Å². The molecule has 0 amide bonds. The van der Waals surface area contributed by atoms with Gasteiger partial charge in [-0.1, -0.05) is 5.16 Å². The van der Waals surface area contributed by atoms with Crippen LogP contribution >= 0.6 is 0 Å². The van der Waals surface area contributed by atoms with Crippen molar-refractivity contribution in [1.29, 1.82) is 0 Å². The highest BCUT2D eigenvalue weighted by Gasteiger charge is 2.28. The predicted molar refractivity (Wildman–Crippen MR) is 70.3 cm³/mol. The van der Waals surface area contributed by atoms with Crippen LogP contribution in [0.1, 0.15) is 33.7 Å². The second-order valence-corrected chi connectivity index (χ2v) is 4.96. The molecule has 1 atom stereocenters. The molecule has 0 radical (unpaired) electrons. The molecule has 2 heterocycles. The average Bonchev–Trinajstić information content (AvgIpc) is 2.94. The molecule has 0 spiro atoms. The first kappa shape index (κ1) is 13.5. The van der Waals surface area contributed by atoms with E-state index in [1.165, 1.54) is 0 Å². The zero-order valence-electron chi connectivity index (χ0n) is 11.6. The first-order valence-electron chi connectivity index (χ1n) is 6.16. The van der Waals surface area contributed by atoms with Crippen molar-refractivity contribution in [3.8, 4) is 0 Å². The fraction of sp³-hybridized carbons (Fsp3) is 0.429. The topological polar surface area (TPSA) is 59.5 Å². The van der Waals surface area contributed by atoms with Gasteiger partial charge in [-0.25, -0.2) is 0 Å². The fourth-order valence-corrected chi connectivity index (χ4v) is 1.95. The first-order valence-corrected chi connectivity index (χ1v) is 6.16. The van der Waals surface area contributed by atoms with Crippen molar-refractivity contribution in [2.45, 2.75) is 19.8 Å². The van der Waals surface area contributed by atoms with Crippen LogP contribution in [0.15, 0.2) is 27.1 Å². The van der Waals surface area contributed by atoms with E-state index in [0.717, 1.165) is 11.5 Å². The van der Waals surface area contributed by atoms with Crippen molar-refractivity contribution in [3.05, 3.63) is 41.2 Å². The largest absolute Gasteiger partial charge is 0.458 e. The zero-order valence-corrected chi connectivity index (χ0v) is 11.6. The molecule has 2 aromatic rings. The second-order valence-electron chi connectivity index (χ2n) is 4.96. The molecule has 0 aliphatic carbocycles. The Bertz CT molecular complexity index is 569. The molecule has 5 nitrogen and oxygen atoms in total. The van der Waals surface area contributed by atoms with Crippen LogP contribution in [0.2, 0.25) is 0 Å². The Morgan fingerprint density at radius 2 is 2.11 bits per heavy atom. The van der Waals surface area contributed by atoms with E-state index in [4.69, 9.17) is 8.94 Å². The van der Waals surface area contributed by atoms with Crippen LogP contribution in [0.3, 0.4) is 0 Å². The van der Waals surface area contributed by atoms with Crippen molar-refractivity contribution in [1.82, 2.24) is 10.1 Å². The van der Waals surface area contributed by atoms with Crippen LogP contribution in [0.25, 0.3) is 0 Å². The summed E-state index contributed by atoms with van der Waals surface area (Å²) in [4.78, 5) is 14.4. The van der Waals surface area contributed by atoms with Gasteiger partial charge in [0, 0.05) is 12.6 Å². The molecule has 0 fully saturated rings. The Morgan fingerprint density at radius 3 is 2.58 bits per heavy atom. The lowest BCUT2D eigenvalue weighted by Gasteiger charge is -2.16. The number of Topliss-reactive ketones (excluding diaryl/α,β-unsaturated/α-hetero) is 1. The highest BCUT2D eigenvalue weighted by molar-refractivity contribution is 5.98. The Hall–Kier alpha value is -1.88. The van der Waals surface area contributed by atoms with E-state index in [1.807, 2.05) is 32.8 Å². The summed E-state index contributed by atoms with van der Waals surface area (Å²) in [6.07, 6.45) is 0. The summed E-state index contributed by atoms with van der Waals surface area (Å²) in [5, 5.41) is 3.85. The van der Waals surface area contributed by atoms with Gasteiger partial charge in [-0.3, -0.25) is 4.79 Å². The smallest absolute Gasteiger partial charge is 0.209 e. The van der Waals surface area contributed by atoms with Gasteiger partial charge in [-0.05, 0) is 40.1 Å². The highest BCUT2D eigenvalue weighted by Crippen LogP contribution is 2.23. The molecule has 2 rings (SSSR count). The second kappa shape index (κ2) is 5.40. The van der Waals surface area contributed by atoms with Crippen LogP contribution in [-0.2, 0) is 0 Å². The van der Waals surface area contributed by atoms with Crippen LogP contribution < -0.4 is 0 Å². The number of carbonyl (C=O) groups excluding carboxylic acids is 1. The number of aromatic nitrogens is 1. The third-order valence-corrected chi connectivity index (χ3v) is 2.84. The number of hydrogen-bond acceptors (Lipinski definition) is 5. The maximum atomic E-state index is 12.5. The van der Waals surface area contributed by atoms with E-state index in [9.17, 15) is 4.79 Å². The minimum absolute atomic E-state index is 0.0852. The highest BCUT2D eigenvalue weighted by atomic mass is 16.5. The molecule has 2 aromatic heterocycles. The van der Waals surface area contributed by atoms with Gasteiger partial charge in [0.25, 0.3) is 0 Å². The van der Waals surface area contributed by atoms with Crippen molar-refractivity contribution >= 4 is 5.78 Å². The fourth-order valence-electron chi connectivity index (χ4n) is 1.95. The molecule has 0 aliphatic rings. The summed E-state index contributed by atoms with van der Waals surface area (Å²) in [5.41, 5.74) is 0.766. The minimum Gasteiger partial charge on any atom is -0.458 e. The van der Waals surface area contributed by atoms with Crippen LogP contribution in [-0.4, -0.2) is 36.5 Å². The minimum atomic E-state index is -0.401. The standard InChI is InChI=1S/C14H18N2O3/c1-9-7-13(19-15-9)11(8-16(3)4)14(17)12-6-5-10(2)18-12/h5-7,11H,8H2,1-4H3. The van der Waals surface area contributed by atoms with Crippen LogP contribution in [0.4, 0.5) is 0 Å². The Kier molecular flexibility index (Phi) is 3.85. The lowest BCUT2D eigenvalue weighted by Crippen LogP contribution is -2.26. The van der Waals surface area contributed by atoms with Crippen LogP contribution in [0, 0.1) is 13.8 Å². The molecule has 0 saturated heterocycles. The summed E-state index contributed by atoms with van der Waals surface area (Å²) in [6, 6.07) is 5.27. The molecule has 1 unspecified atom stereocenters. The van der Waals surface area contributed by atoms with E-state index in [1.54, 1.807) is 18.2 Å². The Balaban J connectivity index is 2.30. The quantitative estimate of drug-likeness (QED) is 0.774. The molecular weight excluding hydrogens is 244 g/mol. The molecular formula is C14H18N2O3. The monoisotopic (exact) mass is 262 g/mol. The van der Waals surface area contributed by atoms with Gasteiger partial charge in [0.15, 0.2) is 5.76 Å². The van der Waals surface area contributed by atoms with Gasteiger partial charge in [0.1, 0.15) is 11.5 Å². The van der Waals surface area contributed by atoms with Gasteiger partial charge in [-0.15, -0.1) is 0 Å². The average molecular weight is 262 g/mol. The van der Waals surface area contributed by atoms with Gasteiger partial charge in [-0.2, -0.15) is 0 Å². The van der Waals surface area contributed by atoms with Crippen molar-refractivity contribution in [2.75, 3.05) is 20.6 Å². The number of ketones is 1. The summed E-state index contributed by atoms with van der Waals surface area (Å²) in [7, 11) is 3.83. The van der Waals surface area contributed by atoms with Crippen molar-refractivity contribution in [2.24, 2.45) is 0 Å². The number of nitrogens with zero attached hydrogens (tertiary/aromatic N) is 2. The van der Waals surface area contributed by atoms with E-state index in [0.29, 0.717) is 18.1 Å². The molecule has 19 heavy (non-hydrogen) atoms. The predicted octanol–water partition coefficient (Wildman–Crippen LogP) is 2.41. The van der Waals surface area contributed by atoms with E-state index in [2.05, 4.69) is 5.16 Å². The zero-order chi connectivity index (χ0) is 14.0. The Labute approximate surface area is 112 Å². The van der Waals surface area contributed by atoms with Crippen molar-refractivity contribution in [3.63, 3.8) is 0 Å². The van der Waals surface area contributed by atoms with Gasteiger partial charge >= 0.3 is 0 Å². The van der Waals surface area contributed by atoms with E-state index >= 15 is 0 Å². The maximum Gasteiger partial charge on any atom is 0.209 e. The molecule has 5 heteroatoms. The summed E-state index contributed by atoms with van der Waals surface area (Å²) < 4.78 is 10.6. The molecule has 0 aliphatic heterocycles. The Morgan fingerprint density at radius 1 is 1.37 bits per heavy atom.